The molecule has 2 atom stereocenters. The number of rotatable bonds is 9. The minimum absolute atomic E-state index is 0.0203. The van der Waals surface area contributed by atoms with Crippen LogP contribution in [0.3, 0.4) is 0 Å². The number of nitrogens with zero attached hydrogens (tertiary/aromatic N) is 1. The van der Waals surface area contributed by atoms with Gasteiger partial charge >= 0.3 is 6.18 Å². The molecule has 3 aromatic rings. The highest BCUT2D eigenvalue weighted by molar-refractivity contribution is 6.30. The molecule has 2 heterocycles. The van der Waals surface area contributed by atoms with Crippen molar-refractivity contribution in [2.75, 3.05) is 26.9 Å². The Balaban J connectivity index is 1.66. The summed E-state index contributed by atoms with van der Waals surface area (Å²) in [6, 6.07) is 9.22. The molecule has 4 rings (SSSR count). The summed E-state index contributed by atoms with van der Waals surface area (Å²) in [5.41, 5.74) is 0.942. The van der Waals surface area contributed by atoms with E-state index in [2.05, 4.69) is 10.3 Å². The van der Waals surface area contributed by atoms with Gasteiger partial charge in [0.25, 0.3) is 5.91 Å². The van der Waals surface area contributed by atoms with Crippen molar-refractivity contribution in [3.8, 4) is 28.5 Å². The molecule has 2 N–H and O–H groups in total. The zero-order valence-corrected chi connectivity index (χ0v) is 23.1. The van der Waals surface area contributed by atoms with E-state index in [1.165, 1.54) is 50.4 Å². The first-order valence-corrected chi connectivity index (χ1v) is 12.9. The number of ether oxygens (including phenoxy) is 3. The Morgan fingerprint density at radius 3 is 2.61 bits per heavy atom. The topological polar surface area (TPSA) is 89.9 Å². The van der Waals surface area contributed by atoms with Gasteiger partial charge < -0.3 is 24.6 Å². The first-order chi connectivity index (χ1) is 19.4. The Morgan fingerprint density at radius 1 is 1.22 bits per heavy atom. The van der Waals surface area contributed by atoms with Crippen LogP contribution in [0.1, 0.15) is 41.4 Å². The van der Waals surface area contributed by atoms with E-state index in [0.717, 1.165) is 6.07 Å². The van der Waals surface area contributed by atoms with E-state index < -0.39 is 36.5 Å². The molecule has 0 bridgehead atoms. The van der Waals surface area contributed by atoms with E-state index in [1.54, 1.807) is 13.0 Å². The molecule has 0 aliphatic carbocycles. The van der Waals surface area contributed by atoms with Crippen LogP contribution in [-0.4, -0.2) is 55.1 Å². The fraction of sp³-hybridized carbons (Fsp3) is 0.310. The Hall–Kier alpha value is -3.83. The number of fused-ring (bicyclic) bond motifs is 1. The van der Waals surface area contributed by atoms with E-state index in [-0.39, 0.29) is 58.0 Å². The van der Waals surface area contributed by atoms with Gasteiger partial charge in [-0.15, -0.1) is 0 Å². The number of benzene rings is 2. The molecule has 0 spiro atoms. The van der Waals surface area contributed by atoms with E-state index in [4.69, 9.17) is 25.8 Å². The summed E-state index contributed by atoms with van der Waals surface area (Å²) in [4.78, 5) is 17.1. The van der Waals surface area contributed by atoms with Crippen LogP contribution < -0.4 is 19.5 Å². The molecule has 0 radical (unpaired) electrons. The summed E-state index contributed by atoms with van der Waals surface area (Å²) in [6.45, 7) is 2.53. The molecule has 41 heavy (non-hydrogen) atoms. The number of carbonyl (C=O) groups excluding carboxylic acids is 1. The third-order valence-electron chi connectivity index (χ3n) is 6.38. The third kappa shape index (κ3) is 6.74. The number of hydrogen-bond donors (Lipinski definition) is 2. The number of methoxy groups -OCH3 is 1. The summed E-state index contributed by atoms with van der Waals surface area (Å²) in [5, 5.41) is 11.6. The molecule has 2 aromatic carbocycles. The van der Waals surface area contributed by atoms with Gasteiger partial charge in [0.1, 0.15) is 30.6 Å². The van der Waals surface area contributed by atoms with Crippen LogP contribution >= 0.6 is 11.6 Å². The Labute approximate surface area is 238 Å². The van der Waals surface area contributed by atoms with Crippen molar-refractivity contribution < 1.29 is 41.7 Å². The Bertz CT molecular complexity index is 1480. The number of aromatic nitrogens is 1. The van der Waals surface area contributed by atoms with Gasteiger partial charge in [-0.3, -0.25) is 4.79 Å². The van der Waals surface area contributed by atoms with Crippen LogP contribution in [0.2, 0.25) is 5.02 Å². The lowest BCUT2D eigenvalue weighted by atomic mass is 9.97. The minimum Gasteiger partial charge on any atom is -0.493 e. The second kappa shape index (κ2) is 12.4. The highest BCUT2D eigenvalue weighted by Gasteiger charge is 2.43. The quantitative estimate of drug-likeness (QED) is 0.288. The van der Waals surface area contributed by atoms with Crippen molar-refractivity contribution in [3.05, 3.63) is 76.2 Å². The number of halogens is 5. The zero-order valence-electron chi connectivity index (χ0n) is 22.3. The van der Waals surface area contributed by atoms with Gasteiger partial charge in [0, 0.05) is 23.2 Å². The molecule has 218 valence electrons. The molecule has 1 amide bonds. The maximum atomic E-state index is 14.4. The van der Waals surface area contributed by atoms with Crippen LogP contribution in [0, 0.1) is 5.82 Å². The van der Waals surface area contributed by atoms with Crippen molar-refractivity contribution in [3.63, 3.8) is 0 Å². The number of aliphatic hydroxyl groups excluding tert-OH is 1. The average Bonchev–Trinajstić information content (AvgIpc) is 3.35. The van der Waals surface area contributed by atoms with E-state index >= 15 is 0 Å². The van der Waals surface area contributed by atoms with Crippen LogP contribution in [0.5, 0.6) is 17.2 Å². The van der Waals surface area contributed by atoms with E-state index in [9.17, 15) is 27.5 Å². The Morgan fingerprint density at radius 2 is 1.98 bits per heavy atom. The number of allylic oxidation sites excluding steroid dienone is 1. The van der Waals surface area contributed by atoms with Crippen molar-refractivity contribution in [1.82, 2.24) is 10.3 Å². The van der Waals surface area contributed by atoms with Gasteiger partial charge in [-0.25, -0.2) is 9.37 Å². The molecular weight excluding hydrogens is 568 g/mol. The van der Waals surface area contributed by atoms with Crippen molar-refractivity contribution in [2.45, 2.75) is 32.0 Å². The van der Waals surface area contributed by atoms with Crippen LogP contribution in [-0.2, 0) is 0 Å². The van der Waals surface area contributed by atoms with Gasteiger partial charge in [0.15, 0.2) is 17.2 Å². The highest BCUT2D eigenvalue weighted by Crippen LogP contribution is 2.44. The summed E-state index contributed by atoms with van der Waals surface area (Å²) in [7, 11) is 1.35. The molecule has 1 aliphatic heterocycles. The number of amides is 1. The predicted octanol–water partition coefficient (Wildman–Crippen LogP) is 6.18. The Kier molecular flexibility index (Phi) is 9.08. The van der Waals surface area contributed by atoms with Crippen molar-refractivity contribution in [1.29, 1.82) is 0 Å². The molecule has 7 nitrogen and oxygen atoms in total. The summed E-state index contributed by atoms with van der Waals surface area (Å²) < 4.78 is 73.8. The molecule has 1 unspecified atom stereocenters. The molecule has 12 heteroatoms. The molecule has 0 saturated heterocycles. The fourth-order valence-corrected chi connectivity index (χ4v) is 4.36. The lowest BCUT2D eigenvalue weighted by molar-refractivity contribution is -0.149. The second-order valence-electron chi connectivity index (χ2n) is 9.33. The van der Waals surface area contributed by atoms with E-state index in [1.807, 2.05) is 0 Å². The fourth-order valence-electron chi connectivity index (χ4n) is 4.25. The normalized spacial score (nSPS) is 15.2. The van der Waals surface area contributed by atoms with Crippen molar-refractivity contribution in [2.24, 2.45) is 0 Å². The summed E-state index contributed by atoms with van der Waals surface area (Å²) in [6.07, 6.45) is -3.82. The molecule has 0 saturated carbocycles. The number of aliphatic hydroxyl groups is 1. The van der Waals surface area contributed by atoms with Crippen LogP contribution in [0.4, 0.5) is 17.6 Å². The molecule has 1 aliphatic rings. The number of carbonyl (C=O) groups is 1. The first kappa shape index (κ1) is 30.1. The molecular formula is C29H27ClF4N2O5. The number of pyridine rings is 1. The summed E-state index contributed by atoms with van der Waals surface area (Å²) in [5.74, 6) is -3.07. The third-order valence-corrected chi connectivity index (χ3v) is 6.68. The van der Waals surface area contributed by atoms with Crippen LogP contribution in [0.25, 0.3) is 16.8 Å². The van der Waals surface area contributed by atoms with Crippen molar-refractivity contribution >= 4 is 23.1 Å². The lowest BCUT2D eigenvalue weighted by Crippen LogP contribution is -2.35. The van der Waals surface area contributed by atoms with Gasteiger partial charge in [-0.05, 0) is 55.8 Å². The smallest absolute Gasteiger partial charge is 0.398 e. The monoisotopic (exact) mass is 594 g/mol. The largest absolute Gasteiger partial charge is 0.493 e. The maximum Gasteiger partial charge on any atom is 0.398 e. The van der Waals surface area contributed by atoms with Gasteiger partial charge in [-0.2, -0.15) is 13.2 Å². The predicted molar refractivity (Wildman–Crippen MR) is 145 cm³/mol. The second-order valence-corrected chi connectivity index (χ2v) is 9.74. The van der Waals surface area contributed by atoms with Gasteiger partial charge in [0.05, 0.1) is 23.9 Å². The number of hydrogen-bond acceptors (Lipinski definition) is 6. The molecule has 1 aromatic heterocycles. The van der Waals surface area contributed by atoms with Gasteiger partial charge in [0.2, 0.25) is 0 Å². The van der Waals surface area contributed by atoms with Crippen LogP contribution in [0.15, 0.2) is 48.5 Å². The van der Waals surface area contributed by atoms with Gasteiger partial charge in [-0.1, -0.05) is 23.7 Å². The SMILES string of the molecule is C/C=C1/COc2c1cc(C(CNC(=O)c1ccc(OC[C@@H](C)O)c(OC)c1)C(F)(F)F)nc2-c1ccc(Cl)c(F)c1. The first-order valence-electron chi connectivity index (χ1n) is 12.6. The molecule has 0 fully saturated rings. The minimum atomic E-state index is -4.79. The average molecular weight is 595 g/mol. The number of alkyl halides is 3. The van der Waals surface area contributed by atoms with E-state index in [0.29, 0.717) is 11.1 Å². The maximum absolute atomic E-state index is 14.4. The standard InChI is InChI=1S/C29H27ClF4N2O5/c1-4-16-14-41-27-19(16)11-23(36-26(27)17-5-7-21(30)22(31)9-17)20(29(32,33)34)12-35-28(38)18-6-8-24(25(10-18)39-3)40-13-15(2)37/h4-11,15,20,37H,12-14H2,1-3H3,(H,35,38)/b16-4-/t15-,20?/m1/s1. The summed E-state index contributed by atoms with van der Waals surface area (Å²) >= 11 is 5.80. The number of nitrogens with one attached hydrogen (secondary N) is 1. The zero-order chi connectivity index (χ0) is 29.9. The lowest BCUT2D eigenvalue weighted by Gasteiger charge is -2.22. The highest BCUT2D eigenvalue weighted by atomic mass is 35.5.